The SMILES string of the molecule is CC(C)NC(=O)C1CCC(CS(=O)(=O)c2ccc(OC/C(=C/F)CN)cc2)CC1. The Balaban J connectivity index is 1.89. The van der Waals surface area contributed by atoms with Crippen LogP contribution in [0.1, 0.15) is 39.5 Å². The summed E-state index contributed by atoms with van der Waals surface area (Å²) in [6, 6.07) is 6.25. The summed E-state index contributed by atoms with van der Waals surface area (Å²) in [5.74, 6) is 0.629. The summed E-state index contributed by atoms with van der Waals surface area (Å²) < 4.78 is 43.4. The molecule has 0 aromatic heterocycles. The van der Waals surface area contributed by atoms with Crippen LogP contribution >= 0.6 is 0 Å². The summed E-state index contributed by atoms with van der Waals surface area (Å²) >= 11 is 0. The van der Waals surface area contributed by atoms with Crippen LogP contribution in [-0.2, 0) is 14.6 Å². The van der Waals surface area contributed by atoms with E-state index in [0.717, 1.165) is 25.7 Å². The highest BCUT2D eigenvalue weighted by Crippen LogP contribution is 2.31. The van der Waals surface area contributed by atoms with Crippen LogP contribution in [0.25, 0.3) is 0 Å². The van der Waals surface area contributed by atoms with Crippen molar-refractivity contribution >= 4 is 15.7 Å². The van der Waals surface area contributed by atoms with Gasteiger partial charge in [-0.3, -0.25) is 4.79 Å². The van der Waals surface area contributed by atoms with Gasteiger partial charge in [-0.1, -0.05) is 0 Å². The van der Waals surface area contributed by atoms with Crippen LogP contribution in [0.4, 0.5) is 4.39 Å². The third kappa shape index (κ3) is 7.12. The van der Waals surface area contributed by atoms with Crippen molar-refractivity contribution in [2.24, 2.45) is 17.6 Å². The molecule has 0 bridgehead atoms. The number of sulfone groups is 1. The molecule has 0 radical (unpaired) electrons. The van der Waals surface area contributed by atoms with Gasteiger partial charge in [0.15, 0.2) is 9.84 Å². The van der Waals surface area contributed by atoms with Crippen LogP contribution in [0.3, 0.4) is 0 Å². The molecule has 2 rings (SSSR count). The lowest BCUT2D eigenvalue weighted by molar-refractivity contribution is -0.126. The minimum Gasteiger partial charge on any atom is -0.489 e. The number of halogens is 1. The molecule has 1 amide bonds. The fourth-order valence-electron chi connectivity index (χ4n) is 3.45. The van der Waals surface area contributed by atoms with Crippen molar-refractivity contribution in [1.29, 1.82) is 0 Å². The Morgan fingerprint density at radius 1 is 1.24 bits per heavy atom. The summed E-state index contributed by atoms with van der Waals surface area (Å²) in [6.07, 6.45) is 3.32. The summed E-state index contributed by atoms with van der Waals surface area (Å²) in [5, 5.41) is 2.93. The van der Waals surface area contributed by atoms with Gasteiger partial charge in [-0.25, -0.2) is 12.8 Å². The van der Waals surface area contributed by atoms with E-state index in [4.69, 9.17) is 10.5 Å². The highest BCUT2D eigenvalue weighted by atomic mass is 32.2. The molecular formula is C21H31FN2O4S. The maximum Gasteiger partial charge on any atom is 0.223 e. The molecule has 1 aliphatic carbocycles. The van der Waals surface area contributed by atoms with E-state index in [0.29, 0.717) is 17.7 Å². The molecule has 0 unspecified atom stereocenters. The lowest BCUT2D eigenvalue weighted by atomic mass is 9.82. The fraction of sp³-hybridized carbons (Fsp3) is 0.571. The van der Waals surface area contributed by atoms with Gasteiger partial charge in [0.2, 0.25) is 5.91 Å². The number of carbonyl (C=O) groups is 1. The van der Waals surface area contributed by atoms with E-state index in [-0.39, 0.29) is 47.6 Å². The standard InChI is InChI=1S/C21H31FN2O4S/c1-15(2)24-21(25)18-5-3-16(4-6-18)14-29(26,27)20-9-7-19(8-10-20)28-13-17(11-22)12-23/h7-11,15-16,18H,3-6,12-14,23H2,1-2H3,(H,24,25)/b17-11+. The molecule has 1 aliphatic rings. The lowest BCUT2D eigenvalue weighted by Crippen LogP contribution is -2.37. The third-order valence-corrected chi connectivity index (χ3v) is 7.03. The van der Waals surface area contributed by atoms with Gasteiger partial charge in [-0.15, -0.1) is 0 Å². The highest BCUT2D eigenvalue weighted by molar-refractivity contribution is 7.91. The summed E-state index contributed by atoms with van der Waals surface area (Å²) in [4.78, 5) is 12.4. The number of ether oxygens (including phenoxy) is 1. The Morgan fingerprint density at radius 2 is 1.86 bits per heavy atom. The first-order chi connectivity index (χ1) is 13.7. The van der Waals surface area contributed by atoms with Crippen molar-refractivity contribution in [2.75, 3.05) is 18.9 Å². The van der Waals surface area contributed by atoms with Crippen molar-refractivity contribution < 1.29 is 22.3 Å². The molecule has 1 aromatic carbocycles. The first kappa shape index (κ1) is 23.3. The van der Waals surface area contributed by atoms with Crippen LogP contribution in [-0.4, -0.2) is 39.3 Å². The maximum atomic E-state index is 12.7. The molecule has 3 N–H and O–H groups in total. The Kier molecular flexibility index (Phi) is 8.64. The third-order valence-electron chi connectivity index (χ3n) is 5.13. The van der Waals surface area contributed by atoms with E-state index >= 15 is 0 Å². The average Bonchev–Trinajstić information content (AvgIpc) is 2.69. The smallest absolute Gasteiger partial charge is 0.223 e. The van der Waals surface area contributed by atoms with E-state index in [9.17, 15) is 17.6 Å². The van der Waals surface area contributed by atoms with E-state index in [1.165, 1.54) is 12.1 Å². The van der Waals surface area contributed by atoms with Gasteiger partial charge in [-0.05, 0) is 69.7 Å². The molecule has 8 heteroatoms. The minimum absolute atomic E-state index is 0.0206. The van der Waals surface area contributed by atoms with E-state index in [1.807, 2.05) is 13.8 Å². The molecule has 1 fully saturated rings. The molecule has 0 atom stereocenters. The number of nitrogens with one attached hydrogen (secondary N) is 1. The number of carbonyl (C=O) groups excluding carboxylic acids is 1. The summed E-state index contributed by atoms with van der Waals surface area (Å²) in [5.41, 5.74) is 5.69. The lowest BCUT2D eigenvalue weighted by Gasteiger charge is -2.28. The van der Waals surface area contributed by atoms with E-state index < -0.39 is 9.84 Å². The second kappa shape index (κ2) is 10.7. The molecule has 0 aliphatic heterocycles. The fourth-order valence-corrected chi connectivity index (χ4v) is 5.15. The van der Waals surface area contributed by atoms with Gasteiger partial charge in [0, 0.05) is 24.1 Å². The number of hydrogen-bond donors (Lipinski definition) is 2. The zero-order valence-electron chi connectivity index (χ0n) is 17.1. The Hall–Kier alpha value is -1.93. The monoisotopic (exact) mass is 426 g/mol. The minimum atomic E-state index is -3.42. The molecule has 29 heavy (non-hydrogen) atoms. The Labute approximate surface area is 172 Å². The first-order valence-electron chi connectivity index (χ1n) is 9.99. The van der Waals surface area contributed by atoms with Crippen molar-refractivity contribution in [1.82, 2.24) is 5.32 Å². The zero-order chi connectivity index (χ0) is 21.4. The molecule has 0 spiro atoms. The molecule has 1 saturated carbocycles. The Morgan fingerprint density at radius 3 is 2.38 bits per heavy atom. The van der Waals surface area contributed by atoms with Gasteiger partial charge in [0.25, 0.3) is 0 Å². The highest BCUT2D eigenvalue weighted by Gasteiger charge is 2.29. The van der Waals surface area contributed by atoms with Crippen LogP contribution in [0.5, 0.6) is 5.75 Å². The van der Waals surface area contributed by atoms with Crippen LogP contribution in [0.15, 0.2) is 41.1 Å². The molecule has 6 nitrogen and oxygen atoms in total. The summed E-state index contributed by atoms with van der Waals surface area (Å²) in [6.45, 7) is 3.94. The van der Waals surface area contributed by atoms with Gasteiger partial charge < -0.3 is 15.8 Å². The number of nitrogens with two attached hydrogens (primary N) is 1. The number of amides is 1. The molecule has 0 saturated heterocycles. The van der Waals surface area contributed by atoms with Crippen molar-refractivity contribution in [3.8, 4) is 5.75 Å². The molecule has 1 aromatic rings. The second-order valence-electron chi connectivity index (χ2n) is 7.89. The van der Waals surface area contributed by atoms with Crippen molar-refractivity contribution in [3.05, 3.63) is 36.2 Å². The van der Waals surface area contributed by atoms with E-state index in [1.54, 1.807) is 12.1 Å². The van der Waals surface area contributed by atoms with Gasteiger partial charge in [-0.2, -0.15) is 0 Å². The number of hydrogen-bond acceptors (Lipinski definition) is 5. The quantitative estimate of drug-likeness (QED) is 0.633. The topological polar surface area (TPSA) is 98.5 Å². The van der Waals surface area contributed by atoms with Crippen LogP contribution in [0.2, 0.25) is 0 Å². The second-order valence-corrected chi connectivity index (χ2v) is 9.93. The predicted molar refractivity (Wildman–Crippen MR) is 111 cm³/mol. The normalized spacial score (nSPS) is 20.5. The number of benzene rings is 1. The summed E-state index contributed by atoms with van der Waals surface area (Å²) in [7, 11) is -3.42. The maximum absolute atomic E-state index is 12.7. The van der Waals surface area contributed by atoms with Crippen LogP contribution in [0, 0.1) is 11.8 Å². The molecule has 162 valence electrons. The van der Waals surface area contributed by atoms with E-state index in [2.05, 4.69) is 5.32 Å². The largest absolute Gasteiger partial charge is 0.489 e. The van der Waals surface area contributed by atoms with Crippen molar-refractivity contribution in [2.45, 2.75) is 50.5 Å². The van der Waals surface area contributed by atoms with Crippen LogP contribution < -0.4 is 15.8 Å². The van der Waals surface area contributed by atoms with Gasteiger partial charge >= 0.3 is 0 Å². The van der Waals surface area contributed by atoms with Crippen molar-refractivity contribution in [3.63, 3.8) is 0 Å². The molecule has 0 heterocycles. The predicted octanol–water partition coefficient (Wildman–Crippen LogP) is 2.98. The zero-order valence-corrected chi connectivity index (χ0v) is 17.9. The Bertz CT molecular complexity index is 798. The average molecular weight is 427 g/mol. The molecular weight excluding hydrogens is 395 g/mol. The van der Waals surface area contributed by atoms with Gasteiger partial charge in [0.05, 0.1) is 17.0 Å². The first-order valence-corrected chi connectivity index (χ1v) is 11.6. The van der Waals surface area contributed by atoms with Gasteiger partial charge in [0.1, 0.15) is 12.4 Å². The number of rotatable bonds is 9.